The van der Waals surface area contributed by atoms with Gasteiger partial charge in [0.1, 0.15) is 6.54 Å². The number of rotatable bonds is 5. The predicted octanol–water partition coefficient (Wildman–Crippen LogP) is 2.62. The molecule has 0 aliphatic carbocycles. The highest BCUT2D eigenvalue weighted by Gasteiger charge is 2.30. The molecule has 1 unspecified atom stereocenters. The lowest BCUT2D eigenvalue weighted by Crippen LogP contribution is -2.39. The van der Waals surface area contributed by atoms with Crippen LogP contribution in [0, 0.1) is 0 Å². The van der Waals surface area contributed by atoms with Crippen LogP contribution in [-0.4, -0.2) is 38.8 Å². The zero-order chi connectivity index (χ0) is 17.0. The molecule has 0 radical (unpaired) electrons. The molecule has 0 bridgehead atoms. The number of carbonyl (C=O) groups is 1. The number of alkyl halides is 3. The van der Waals surface area contributed by atoms with Crippen molar-refractivity contribution in [2.24, 2.45) is 0 Å². The van der Waals surface area contributed by atoms with Gasteiger partial charge < -0.3 is 5.32 Å². The fraction of sp³-hybridized carbons (Fsp3) is 0.385. The molecule has 0 aliphatic rings. The lowest BCUT2D eigenvalue weighted by Gasteiger charge is -2.14. The minimum absolute atomic E-state index is 0.222. The number of halogens is 4. The Morgan fingerprint density at radius 3 is 2.57 bits per heavy atom. The summed E-state index contributed by atoms with van der Waals surface area (Å²) in [5.74, 6) is -0.561. The van der Waals surface area contributed by atoms with Gasteiger partial charge in [-0.05, 0) is 35.9 Å². The zero-order valence-electron chi connectivity index (χ0n) is 12.0. The van der Waals surface area contributed by atoms with Gasteiger partial charge in [0.25, 0.3) is 0 Å². The smallest absolute Gasteiger partial charge is 0.345 e. The maximum atomic E-state index is 12.2. The quantitative estimate of drug-likeness (QED) is 0.902. The van der Waals surface area contributed by atoms with Crippen LogP contribution in [0.2, 0.25) is 5.02 Å². The van der Waals surface area contributed by atoms with Gasteiger partial charge in [-0.2, -0.15) is 18.0 Å². The van der Waals surface area contributed by atoms with Gasteiger partial charge in [-0.3, -0.25) is 4.79 Å². The van der Waals surface area contributed by atoms with Crippen LogP contribution < -0.4 is 5.32 Å². The molecule has 0 spiro atoms. The Kier molecular flexibility index (Phi) is 5.19. The van der Waals surface area contributed by atoms with E-state index < -0.39 is 24.7 Å². The molecule has 0 fully saturated rings. The monoisotopic (exact) mass is 347 g/mol. The molecule has 6 nitrogen and oxygen atoms in total. The van der Waals surface area contributed by atoms with Crippen LogP contribution in [0.4, 0.5) is 13.2 Å². The standard InChI is InChI=1S/C13H13ClF3N5O/c1-2-10(12(23)18-7-13(15,16)17)22-20-11(19-21-22)8-3-5-9(14)6-4-8/h3-6,10H,2,7H2,1H3,(H,18,23). The van der Waals surface area contributed by atoms with Gasteiger partial charge in [0.2, 0.25) is 11.7 Å². The first-order chi connectivity index (χ1) is 10.8. The summed E-state index contributed by atoms with van der Waals surface area (Å²) < 4.78 is 36.5. The van der Waals surface area contributed by atoms with E-state index in [0.29, 0.717) is 10.6 Å². The minimum atomic E-state index is -4.47. The van der Waals surface area contributed by atoms with Crippen LogP contribution in [0.15, 0.2) is 24.3 Å². The van der Waals surface area contributed by atoms with E-state index >= 15 is 0 Å². The van der Waals surface area contributed by atoms with E-state index in [9.17, 15) is 18.0 Å². The maximum absolute atomic E-state index is 12.2. The molecule has 0 aliphatic heterocycles. The van der Waals surface area contributed by atoms with Crippen molar-refractivity contribution < 1.29 is 18.0 Å². The summed E-state index contributed by atoms with van der Waals surface area (Å²) in [5, 5.41) is 14.0. The topological polar surface area (TPSA) is 72.7 Å². The van der Waals surface area contributed by atoms with E-state index in [1.807, 2.05) is 5.32 Å². The van der Waals surface area contributed by atoms with E-state index in [-0.39, 0.29) is 12.2 Å². The average molecular weight is 348 g/mol. The van der Waals surface area contributed by atoms with Gasteiger partial charge in [0, 0.05) is 10.6 Å². The molecule has 1 heterocycles. The number of benzene rings is 1. The van der Waals surface area contributed by atoms with Crippen molar-refractivity contribution in [2.45, 2.75) is 25.6 Å². The summed E-state index contributed by atoms with van der Waals surface area (Å²) in [6, 6.07) is 5.67. The van der Waals surface area contributed by atoms with Crippen molar-refractivity contribution in [1.82, 2.24) is 25.5 Å². The second kappa shape index (κ2) is 6.95. The molecule has 0 saturated carbocycles. The summed E-state index contributed by atoms with van der Waals surface area (Å²) in [4.78, 5) is 12.9. The SMILES string of the molecule is CCC(C(=O)NCC(F)(F)F)n1nnc(-c2ccc(Cl)cc2)n1. The first-order valence-electron chi connectivity index (χ1n) is 6.70. The zero-order valence-corrected chi connectivity index (χ0v) is 12.8. The normalized spacial score (nSPS) is 12.9. The van der Waals surface area contributed by atoms with Crippen molar-refractivity contribution in [3.63, 3.8) is 0 Å². The molecule has 10 heteroatoms. The molecule has 124 valence electrons. The van der Waals surface area contributed by atoms with Gasteiger partial charge in [-0.25, -0.2) is 0 Å². The Morgan fingerprint density at radius 1 is 1.35 bits per heavy atom. The number of tetrazole rings is 1. The first kappa shape index (κ1) is 17.2. The number of amides is 1. The molecule has 2 rings (SSSR count). The predicted molar refractivity (Wildman–Crippen MR) is 76.7 cm³/mol. The molecule has 0 saturated heterocycles. The molecule has 1 aromatic carbocycles. The van der Waals surface area contributed by atoms with E-state index in [2.05, 4.69) is 15.4 Å². The van der Waals surface area contributed by atoms with Crippen molar-refractivity contribution in [3.8, 4) is 11.4 Å². The summed E-state index contributed by atoms with van der Waals surface area (Å²) in [5.41, 5.74) is 0.631. The van der Waals surface area contributed by atoms with Gasteiger partial charge in [-0.15, -0.1) is 10.2 Å². The molecule has 1 aromatic heterocycles. The Morgan fingerprint density at radius 2 is 2.00 bits per heavy atom. The Labute approximate surface area is 134 Å². The molecular weight excluding hydrogens is 335 g/mol. The lowest BCUT2D eigenvalue weighted by molar-refractivity contribution is -0.140. The number of nitrogens with zero attached hydrogens (tertiary/aromatic N) is 4. The van der Waals surface area contributed by atoms with E-state index in [1.54, 1.807) is 31.2 Å². The van der Waals surface area contributed by atoms with Crippen molar-refractivity contribution in [1.29, 1.82) is 0 Å². The Balaban J connectivity index is 2.13. The second-order valence-electron chi connectivity index (χ2n) is 4.70. The third-order valence-corrected chi connectivity index (χ3v) is 3.21. The van der Waals surface area contributed by atoms with Crippen molar-refractivity contribution >= 4 is 17.5 Å². The van der Waals surface area contributed by atoms with Crippen LogP contribution in [0.5, 0.6) is 0 Å². The maximum Gasteiger partial charge on any atom is 0.405 e. The van der Waals surface area contributed by atoms with Crippen LogP contribution in [0.25, 0.3) is 11.4 Å². The van der Waals surface area contributed by atoms with Crippen LogP contribution in [-0.2, 0) is 4.79 Å². The molecule has 1 amide bonds. The number of aromatic nitrogens is 4. The Hall–Kier alpha value is -2.16. The number of hydrogen-bond acceptors (Lipinski definition) is 4. The third kappa shape index (κ3) is 4.65. The van der Waals surface area contributed by atoms with Gasteiger partial charge in [0.15, 0.2) is 6.04 Å². The number of nitrogens with one attached hydrogen (secondary N) is 1. The highest BCUT2D eigenvalue weighted by atomic mass is 35.5. The van der Waals surface area contributed by atoms with E-state index in [1.165, 1.54) is 0 Å². The summed E-state index contributed by atoms with van der Waals surface area (Å²) in [7, 11) is 0. The van der Waals surface area contributed by atoms with Crippen molar-refractivity contribution in [2.75, 3.05) is 6.54 Å². The second-order valence-corrected chi connectivity index (χ2v) is 5.13. The van der Waals surface area contributed by atoms with Gasteiger partial charge >= 0.3 is 6.18 Å². The third-order valence-electron chi connectivity index (χ3n) is 2.96. The van der Waals surface area contributed by atoms with Gasteiger partial charge in [0.05, 0.1) is 0 Å². The largest absolute Gasteiger partial charge is 0.405 e. The van der Waals surface area contributed by atoms with Crippen molar-refractivity contribution in [3.05, 3.63) is 29.3 Å². The van der Waals surface area contributed by atoms with Crippen LogP contribution in [0.1, 0.15) is 19.4 Å². The molecular formula is C13H13ClF3N5O. The average Bonchev–Trinajstić information content (AvgIpc) is 2.95. The highest BCUT2D eigenvalue weighted by molar-refractivity contribution is 6.30. The van der Waals surface area contributed by atoms with Gasteiger partial charge in [-0.1, -0.05) is 18.5 Å². The van der Waals surface area contributed by atoms with Crippen LogP contribution >= 0.6 is 11.6 Å². The lowest BCUT2D eigenvalue weighted by atomic mass is 10.2. The summed E-state index contributed by atoms with van der Waals surface area (Å²) in [6.45, 7) is 0.240. The highest BCUT2D eigenvalue weighted by Crippen LogP contribution is 2.19. The first-order valence-corrected chi connectivity index (χ1v) is 7.08. The van der Waals surface area contributed by atoms with E-state index in [4.69, 9.17) is 11.6 Å². The Bertz CT molecular complexity index is 671. The van der Waals surface area contributed by atoms with Crippen LogP contribution in [0.3, 0.4) is 0 Å². The fourth-order valence-electron chi connectivity index (χ4n) is 1.83. The summed E-state index contributed by atoms with van der Waals surface area (Å²) in [6.07, 6.45) is -4.25. The molecule has 1 atom stereocenters. The summed E-state index contributed by atoms with van der Waals surface area (Å²) >= 11 is 5.78. The molecule has 1 N–H and O–H groups in total. The number of carbonyl (C=O) groups excluding carboxylic acids is 1. The molecule has 23 heavy (non-hydrogen) atoms. The molecule has 2 aromatic rings. The van der Waals surface area contributed by atoms with E-state index in [0.717, 1.165) is 4.80 Å². The fourth-order valence-corrected chi connectivity index (χ4v) is 1.96. The number of hydrogen-bond donors (Lipinski definition) is 1. The minimum Gasteiger partial charge on any atom is -0.345 e.